The van der Waals surface area contributed by atoms with Crippen molar-refractivity contribution in [3.8, 4) is 0 Å². The molecular formula is C16H17N3O2. The molecule has 0 aromatic heterocycles. The first kappa shape index (κ1) is 14.7. The molecule has 0 unspecified atom stereocenters. The van der Waals surface area contributed by atoms with E-state index in [1.54, 1.807) is 12.2 Å². The molecule has 1 aliphatic rings. The fraction of sp³-hybridized carbons (Fsp3) is 0.188. The molecule has 0 atom stereocenters. The summed E-state index contributed by atoms with van der Waals surface area (Å²) in [6.45, 7) is 1.36. The van der Waals surface area contributed by atoms with Crippen molar-refractivity contribution in [3.05, 3.63) is 48.2 Å². The van der Waals surface area contributed by atoms with Gasteiger partial charge in [-0.15, -0.1) is 0 Å². The molecule has 0 saturated heterocycles. The van der Waals surface area contributed by atoms with E-state index < -0.39 is 0 Å². The van der Waals surface area contributed by atoms with Gasteiger partial charge in [-0.2, -0.15) is 0 Å². The van der Waals surface area contributed by atoms with Gasteiger partial charge >= 0.3 is 0 Å². The van der Waals surface area contributed by atoms with Crippen LogP contribution >= 0.6 is 0 Å². The summed E-state index contributed by atoms with van der Waals surface area (Å²) in [5, 5.41) is 2.51. The van der Waals surface area contributed by atoms with Crippen LogP contribution < -0.4 is 10.2 Å². The van der Waals surface area contributed by atoms with Gasteiger partial charge in [-0.25, -0.2) is 4.99 Å². The molecule has 0 heterocycles. The number of ketones is 1. The van der Waals surface area contributed by atoms with Crippen molar-refractivity contribution in [1.82, 2.24) is 5.32 Å². The number of allylic oxidation sites excluding steroid dienone is 3. The number of hydrogen-bond acceptors (Lipinski definition) is 4. The lowest BCUT2D eigenvalue weighted by molar-refractivity contribution is -0.120. The lowest BCUT2D eigenvalue weighted by atomic mass is 10.1. The zero-order valence-corrected chi connectivity index (χ0v) is 12.3. The number of carbonyl (C=O) groups is 2. The van der Waals surface area contributed by atoms with Crippen LogP contribution in [0.15, 0.2) is 53.2 Å². The Morgan fingerprint density at radius 2 is 1.81 bits per heavy atom. The first-order valence-corrected chi connectivity index (χ1v) is 6.53. The summed E-state index contributed by atoms with van der Waals surface area (Å²) >= 11 is 0. The molecule has 1 N–H and O–H groups in total. The van der Waals surface area contributed by atoms with Crippen molar-refractivity contribution < 1.29 is 9.59 Å². The van der Waals surface area contributed by atoms with Gasteiger partial charge in [-0.05, 0) is 42.5 Å². The zero-order valence-electron chi connectivity index (χ0n) is 12.3. The Morgan fingerprint density at radius 1 is 1.14 bits per heavy atom. The number of nitrogens with zero attached hydrogens (tertiary/aromatic N) is 2. The molecule has 1 aromatic rings. The molecule has 21 heavy (non-hydrogen) atoms. The largest absolute Gasteiger partial charge is 0.378 e. The van der Waals surface area contributed by atoms with Gasteiger partial charge in [0.25, 0.3) is 0 Å². The van der Waals surface area contributed by atoms with Crippen molar-refractivity contribution >= 4 is 28.8 Å². The van der Waals surface area contributed by atoms with Crippen molar-refractivity contribution in [1.29, 1.82) is 0 Å². The third kappa shape index (κ3) is 3.89. The Bertz CT molecular complexity index is 653. The second kappa shape index (κ2) is 6.17. The van der Waals surface area contributed by atoms with E-state index in [2.05, 4.69) is 10.3 Å². The minimum Gasteiger partial charge on any atom is -0.378 e. The summed E-state index contributed by atoms with van der Waals surface area (Å²) < 4.78 is 0. The summed E-state index contributed by atoms with van der Waals surface area (Å²) in [6.07, 6.45) is 4.61. The van der Waals surface area contributed by atoms with Gasteiger partial charge in [0.1, 0.15) is 0 Å². The van der Waals surface area contributed by atoms with E-state index in [4.69, 9.17) is 0 Å². The predicted molar refractivity (Wildman–Crippen MR) is 83.9 cm³/mol. The fourth-order valence-corrected chi connectivity index (χ4v) is 1.85. The Hall–Kier alpha value is -2.69. The van der Waals surface area contributed by atoms with Gasteiger partial charge in [0, 0.05) is 26.7 Å². The first-order chi connectivity index (χ1) is 9.95. The normalized spacial score (nSPS) is 15.9. The smallest absolute Gasteiger partial charge is 0.221 e. The first-order valence-electron chi connectivity index (χ1n) is 6.53. The Labute approximate surface area is 123 Å². The highest BCUT2D eigenvalue weighted by Gasteiger charge is 2.13. The molecule has 108 valence electrons. The Morgan fingerprint density at radius 3 is 2.38 bits per heavy atom. The third-order valence-electron chi connectivity index (χ3n) is 2.90. The van der Waals surface area contributed by atoms with Crippen molar-refractivity contribution in [3.63, 3.8) is 0 Å². The van der Waals surface area contributed by atoms with E-state index in [0.29, 0.717) is 5.71 Å². The second-order valence-electron chi connectivity index (χ2n) is 4.88. The number of hydrogen-bond donors (Lipinski definition) is 1. The number of anilines is 1. The van der Waals surface area contributed by atoms with Gasteiger partial charge in [0.2, 0.25) is 11.7 Å². The van der Waals surface area contributed by atoms with E-state index in [-0.39, 0.29) is 17.4 Å². The van der Waals surface area contributed by atoms with Crippen molar-refractivity contribution in [2.24, 2.45) is 4.99 Å². The number of amides is 1. The second-order valence-corrected chi connectivity index (χ2v) is 4.88. The van der Waals surface area contributed by atoms with Gasteiger partial charge in [-0.3, -0.25) is 9.59 Å². The molecule has 1 aromatic carbocycles. The average molecular weight is 283 g/mol. The standard InChI is InChI=1S/C16H17N3O2/c1-11(20)17-15-10-13(6-9-16(15)21)18-12-4-7-14(8-5-12)19(2)3/h4-10H,1-3H3,(H,17,20). The van der Waals surface area contributed by atoms with Crippen molar-refractivity contribution in [2.45, 2.75) is 6.92 Å². The molecule has 1 aliphatic carbocycles. The van der Waals surface area contributed by atoms with Crippen LogP contribution in [-0.4, -0.2) is 31.5 Å². The number of benzene rings is 1. The topological polar surface area (TPSA) is 61.8 Å². The number of nitrogens with one attached hydrogen (secondary N) is 1. The Kier molecular flexibility index (Phi) is 4.33. The SMILES string of the molecule is CC(=O)NC1=CC(=Nc2ccc(N(C)C)cc2)C=CC1=O. The highest BCUT2D eigenvalue weighted by atomic mass is 16.2. The van der Waals surface area contributed by atoms with Crippen LogP contribution in [0.4, 0.5) is 11.4 Å². The molecule has 0 spiro atoms. The lowest BCUT2D eigenvalue weighted by Crippen LogP contribution is -2.26. The van der Waals surface area contributed by atoms with Gasteiger partial charge in [-0.1, -0.05) is 0 Å². The van der Waals surface area contributed by atoms with Crippen molar-refractivity contribution in [2.75, 3.05) is 19.0 Å². The summed E-state index contributed by atoms with van der Waals surface area (Å²) in [5.74, 6) is -0.508. The van der Waals surface area contributed by atoms with Crippen LogP contribution in [0.1, 0.15) is 6.92 Å². The van der Waals surface area contributed by atoms with E-state index in [0.717, 1.165) is 11.4 Å². The predicted octanol–water partition coefficient (Wildman–Crippen LogP) is 1.98. The maximum atomic E-state index is 11.6. The van der Waals surface area contributed by atoms with E-state index >= 15 is 0 Å². The quantitative estimate of drug-likeness (QED) is 0.863. The van der Waals surface area contributed by atoms with Crippen LogP contribution in [0.3, 0.4) is 0 Å². The average Bonchev–Trinajstić information content (AvgIpc) is 2.42. The molecule has 2 rings (SSSR count). The van der Waals surface area contributed by atoms with Crippen LogP contribution in [0.25, 0.3) is 0 Å². The number of rotatable bonds is 3. The molecule has 5 nitrogen and oxygen atoms in total. The minimum atomic E-state index is -0.278. The number of aliphatic imine (C=N–C) groups is 1. The van der Waals surface area contributed by atoms with Crippen LogP contribution in [0.5, 0.6) is 0 Å². The van der Waals surface area contributed by atoms with E-state index in [9.17, 15) is 9.59 Å². The number of carbonyl (C=O) groups excluding carboxylic acids is 2. The van der Waals surface area contributed by atoms with Crippen LogP contribution in [0.2, 0.25) is 0 Å². The third-order valence-corrected chi connectivity index (χ3v) is 2.90. The summed E-state index contributed by atoms with van der Waals surface area (Å²) in [7, 11) is 3.94. The lowest BCUT2D eigenvalue weighted by Gasteiger charge is -2.12. The molecule has 1 amide bonds. The molecule has 0 radical (unpaired) electrons. The summed E-state index contributed by atoms with van der Waals surface area (Å²) in [5.41, 5.74) is 2.74. The van der Waals surface area contributed by atoms with Gasteiger partial charge < -0.3 is 10.2 Å². The summed E-state index contributed by atoms with van der Waals surface area (Å²) in [6, 6.07) is 7.74. The highest BCUT2D eigenvalue weighted by molar-refractivity contribution is 6.20. The van der Waals surface area contributed by atoms with E-state index in [1.807, 2.05) is 43.3 Å². The van der Waals surface area contributed by atoms with Crippen LogP contribution in [-0.2, 0) is 9.59 Å². The molecule has 0 bridgehead atoms. The van der Waals surface area contributed by atoms with Gasteiger partial charge in [0.05, 0.1) is 17.1 Å². The fourth-order valence-electron chi connectivity index (χ4n) is 1.85. The highest BCUT2D eigenvalue weighted by Crippen LogP contribution is 2.19. The molecule has 0 aliphatic heterocycles. The maximum absolute atomic E-state index is 11.6. The molecular weight excluding hydrogens is 266 g/mol. The maximum Gasteiger partial charge on any atom is 0.221 e. The summed E-state index contributed by atoms with van der Waals surface area (Å²) in [4.78, 5) is 29.1. The zero-order chi connectivity index (χ0) is 15.4. The Balaban J connectivity index is 2.24. The molecule has 0 fully saturated rings. The van der Waals surface area contributed by atoms with Crippen LogP contribution in [0, 0.1) is 0 Å². The molecule has 5 heteroatoms. The van der Waals surface area contributed by atoms with E-state index in [1.165, 1.54) is 13.0 Å². The monoisotopic (exact) mass is 283 g/mol. The van der Waals surface area contributed by atoms with Gasteiger partial charge in [0.15, 0.2) is 0 Å². The molecule has 0 saturated carbocycles. The minimum absolute atomic E-state index is 0.230.